The minimum atomic E-state index is -1.79. The van der Waals surface area contributed by atoms with E-state index in [9.17, 15) is 19.6 Å². The van der Waals surface area contributed by atoms with Crippen LogP contribution in [0, 0.1) is 17.8 Å². The van der Waals surface area contributed by atoms with Crippen molar-refractivity contribution < 1.29 is 28.8 Å². The zero-order valence-corrected chi connectivity index (χ0v) is 18.0. The van der Waals surface area contributed by atoms with Gasteiger partial charge in [-0.3, -0.25) is 9.59 Å². The Morgan fingerprint density at radius 2 is 1.81 bits per heavy atom. The van der Waals surface area contributed by atoms with Crippen LogP contribution in [-0.2, 0) is 11.3 Å². The summed E-state index contributed by atoms with van der Waals surface area (Å²) in [5, 5.41) is 19.0. The van der Waals surface area contributed by atoms with Gasteiger partial charge in [0.05, 0.1) is 18.4 Å². The normalized spacial score (nSPS) is 27.9. The number of carbonyl (C=O) groups is 2. The van der Waals surface area contributed by atoms with Gasteiger partial charge in [0.15, 0.2) is 12.9 Å². The van der Waals surface area contributed by atoms with Crippen LogP contribution in [0.4, 0.5) is 0 Å². The molecule has 1 aromatic carbocycles. The van der Waals surface area contributed by atoms with Crippen LogP contribution in [0.3, 0.4) is 0 Å². The van der Waals surface area contributed by atoms with E-state index in [0.717, 1.165) is 25.0 Å². The van der Waals surface area contributed by atoms with Crippen LogP contribution in [0.2, 0.25) is 0 Å². The van der Waals surface area contributed by atoms with E-state index in [4.69, 9.17) is 9.15 Å². The Kier molecular flexibility index (Phi) is 5.59. The number of nitrogens with zero attached hydrogens (tertiary/aromatic N) is 1. The molecule has 4 aliphatic rings. The molecule has 1 amide bonds. The molecule has 2 aromatic rings. The summed E-state index contributed by atoms with van der Waals surface area (Å²) in [6.45, 7) is 0.172. The molecular weight excluding hydrogens is 409 g/mol. The van der Waals surface area contributed by atoms with Gasteiger partial charge in [-0.1, -0.05) is 12.1 Å². The minimum absolute atomic E-state index is 0.0442. The van der Waals surface area contributed by atoms with E-state index >= 15 is 0 Å². The quantitative estimate of drug-likeness (QED) is 0.485. The molecule has 1 aromatic heterocycles. The summed E-state index contributed by atoms with van der Waals surface area (Å²) in [6, 6.07) is 8.29. The van der Waals surface area contributed by atoms with Crippen molar-refractivity contribution in [3.05, 3.63) is 47.9 Å². The predicted molar refractivity (Wildman–Crippen MR) is 117 cm³/mol. The fourth-order valence-corrected chi connectivity index (χ4v) is 6.73. The number of hydrogen-bond donors (Lipinski definition) is 2. The van der Waals surface area contributed by atoms with Crippen molar-refractivity contribution >= 4 is 24.8 Å². The molecule has 4 bridgehead atoms. The zero-order chi connectivity index (χ0) is 22.3. The topological polar surface area (TPSA) is 100 Å². The first-order valence-electron chi connectivity index (χ1n) is 11.4. The second-order valence-electron chi connectivity index (χ2n) is 9.74. The van der Waals surface area contributed by atoms with Crippen molar-refractivity contribution in [2.75, 3.05) is 6.61 Å². The van der Waals surface area contributed by atoms with E-state index in [0.29, 0.717) is 30.6 Å². The Labute approximate surface area is 187 Å². The van der Waals surface area contributed by atoms with Crippen LogP contribution < -0.4 is 10.2 Å². The highest BCUT2D eigenvalue weighted by molar-refractivity contribution is 6.60. The van der Waals surface area contributed by atoms with Gasteiger partial charge in [-0.25, -0.2) is 0 Å². The Bertz CT molecular complexity index is 953. The standard InChI is InChI=1S/C24H28BNO6/c27-14-20-21(25(29)30)4-1-5-22(20)32-15-23(28)26(13-19-3-2-6-31-19)24-10-16-7-17(11-24)9-18(8-16)12-24/h1-6,14,16-18,29-30H,7-13,15H2. The van der Waals surface area contributed by atoms with E-state index in [-0.39, 0.29) is 34.8 Å². The fourth-order valence-electron chi connectivity index (χ4n) is 6.73. The van der Waals surface area contributed by atoms with Gasteiger partial charge in [0.25, 0.3) is 5.91 Å². The number of amides is 1. The third-order valence-corrected chi connectivity index (χ3v) is 7.62. The largest absolute Gasteiger partial charge is 0.489 e. The summed E-state index contributed by atoms with van der Waals surface area (Å²) >= 11 is 0. The molecule has 0 atom stereocenters. The summed E-state index contributed by atoms with van der Waals surface area (Å²) in [5.74, 6) is 2.81. The lowest BCUT2D eigenvalue weighted by Gasteiger charge is -2.60. The van der Waals surface area contributed by atoms with Crippen molar-refractivity contribution in [2.24, 2.45) is 17.8 Å². The number of rotatable bonds is 8. The average molecular weight is 437 g/mol. The molecule has 8 heteroatoms. The maximum Gasteiger partial charge on any atom is 0.489 e. The first-order chi connectivity index (χ1) is 15.5. The molecule has 6 rings (SSSR count). The van der Waals surface area contributed by atoms with Crippen LogP contribution in [0.15, 0.2) is 41.0 Å². The van der Waals surface area contributed by atoms with Crippen molar-refractivity contribution in [1.82, 2.24) is 4.90 Å². The summed E-state index contributed by atoms with van der Waals surface area (Å²) in [7, 11) is -1.79. The molecule has 7 nitrogen and oxygen atoms in total. The van der Waals surface area contributed by atoms with Crippen LogP contribution in [0.5, 0.6) is 5.75 Å². The van der Waals surface area contributed by atoms with E-state index in [1.54, 1.807) is 18.4 Å². The smallest absolute Gasteiger partial charge is 0.483 e. The molecule has 32 heavy (non-hydrogen) atoms. The van der Waals surface area contributed by atoms with Crippen LogP contribution in [0.25, 0.3) is 0 Å². The summed E-state index contributed by atoms with van der Waals surface area (Å²) < 4.78 is 11.4. The SMILES string of the molecule is O=Cc1c(OCC(=O)N(Cc2ccco2)C23CC4CC(CC(C4)C2)C3)cccc1B(O)O. The van der Waals surface area contributed by atoms with E-state index in [1.165, 1.54) is 25.3 Å². The van der Waals surface area contributed by atoms with E-state index < -0.39 is 7.12 Å². The summed E-state index contributed by atoms with van der Waals surface area (Å²) in [5.41, 5.74) is -0.0697. The average Bonchev–Trinajstić information content (AvgIpc) is 3.27. The fraction of sp³-hybridized carbons (Fsp3) is 0.500. The van der Waals surface area contributed by atoms with Crippen molar-refractivity contribution in [2.45, 2.75) is 50.6 Å². The molecule has 0 unspecified atom stereocenters. The van der Waals surface area contributed by atoms with E-state index in [2.05, 4.69) is 0 Å². The molecule has 0 spiro atoms. The van der Waals surface area contributed by atoms with Gasteiger partial charge in [-0.15, -0.1) is 0 Å². The first-order valence-corrected chi connectivity index (χ1v) is 11.4. The zero-order valence-electron chi connectivity index (χ0n) is 18.0. The number of benzene rings is 1. The summed E-state index contributed by atoms with van der Waals surface area (Å²) in [6.07, 6.45) is 9.04. The Morgan fingerprint density at radius 1 is 1.12 bits per heavy atom. The molecule has 2 N–H and O–H groups in total. The molecule has 168 valence electrons. The second-order valence-corrected chi connectivity index (χ2v) is 9.74. The van der Waals surface area contributed by atoms with Crippen LogP contribution >= 0.6 is 0 Å². The lowest BCUT2D eigenvalue weighted by molar-refractivity contribution is -0.155. The monoisotopic (exact) mass is 437 g/mol. The predicted octanol–water partition coefficient (Wildman–Crippen LogP) is 2.15. The molecule has 4 fully saturated rings. The van der Waals surface area contributed by atoms with Gasteiger partial charge in [-0.05, 0) is 79.9 Å². The Hall–Kier alpha value is -2.58. The number of aldehydes is 1. The number of hydrogen-bond acceptors (Lipinski definition) is 6. The third-order valence-electron chi connectivity index (χ3n) is 7.62. The van der Waals surface area contributed by atoms with Gasteiger partial charge in [0, 0.05) is 5.54 Å². The Morgan fingerprint density at radius 3 is 2.38 bits per heavy atom. The van der Waals surface area contributed by atoms with Crippen molar-refractivity contribution in [1.29, 1.82) is 0 Å². The molecule has 4 aliphatic carbocycles. The van der Waals surface area contributed by atoms with Gasteiger partial charge in [0.2, 0.25) is 0 Å². The second kappa shape index (κ2) is 8.41. The lowest BCUT2D eigenvalue weighted by Crippen LogP contribution is -2.61. The van der Waals surface area contributed by atoms with E-state index in [1.807, 2.05) is 17.0 Å². The van der Waals surface area contributed by atoms with Crippen LogP contribution in [-0.4, -0.2) is 46.4 Å². The highest BCUT2D eigenvalue weighted by Crippen LogP contribution is 2.58. The maximum absolute atomic E-state index is 13.5. The lowest BCUT2D eigenvalue weighted by atomic mass is 9.52. The molecule has 4 saturated carbocycles. The highest BCUT2D eigenvalue weighted by Gasteiger charge is 2.54. The molecule has 0 radical (unpaired) electrons. The molecule has 0 saturated heterocycles. The van der Waals surface area contributed by atoms with Crippen molar-refractivity contribution in [3.63, 3.8) is 0 Å². The Balaban J connectivity index is 1.39. The number of carbonyl (C=O) groups excluding carboxylic acids is 2. The number of furan rings is 1. The van der Waals surface area contributed by atoms with Gasteiger partial charge < -0.3 is 24.1 Å². The maximum atomic E-state index is 13.5. The molecular formula is C24H28BNO6. The van der Waals surface area contributed by atoms with Crippen molar-refractivity contribution in [3.8, 4) is 5.75 Å². The van der Waals surface area contributed by atoms with Gasteiger partial charge in [0.1, 0.15) is 11.5 Å². The third kappa shape index (κ3) is 3.86. The van der Waals surface area contributed by atoms with Gasteiger partial charge >= 0.3 is 7.12 Å². The minimum Gasteiger partial charge on any atom is -0.483 e. The van der Waals surface area contributed by atoms with Gasteiger partial charge in [-0.2, -0.15) is 0 Å². The molecule has 1 heterocycles. The van der Waals surface area contributed by atoms with Crippen LogP contribution in [0.1, 0.15) is 54.6 Å². The molecule has 0 aliphatic heterocycles. The number of ether oxygens (including phenoxy) is 1. The first kappa shape index (κ1) is 21.3. The highest BCUT2D eigenvalue weighted by atomic mass is 16.5. The summed E-state index contributed by atoms with van der Waals surface area (Å²) in [4.78, 5) is 27.1.